The van der Waals surface area contributed by atoms with Gasteiger partial charge in [-0.05, 0) is 24.3 Å². The van der Waals surface area contributed by atoms with Gasteiger partial charge in [0.05, 0.1) is 10.6 Å². The number of carbonyl (C=O) groups is 2. The minimum atomic E-state index is -4.85. The molecule has 0 bridgehead atoms. The second-order valence-corrected chi connectivity index (χ2v) is 5.94. The number of hydrogen-bond donors (Lipinski definition) is 2. The van der Waals surface area contributed by atoms with Gasteiger partial charge in [0.2, 0.25) is 0 Å². The van der Waals surface area contributed by atoms with Gasteiger partial charge in [-0.25, -0.2) is 13.6 Å². The molecule has 0 aromatic heterocycles. The zero-order chi connectivity index (χ0) is 20.9. The highest BCUT2D eigenvalue weighted by Crippen LogP contribution is 2.56. The summed E-state index contributed by atoms with van der Waals surface area (Å²) in [6.07, 6.45) is -4.85. The molecule has 0 spiro atoms. The molecule has 5 nitrogen and oxygen atoms in total. The van der Waals surface area contributed by atoms with E-state index in [1.165, 1.54) is 0 Å². The Hall–Kier alpha value is -2.95. The van der Waals surface area contributed by atoms with Gasteiger partial charge in [-0.2, -0.15) is 17.6 Å². The minimum absolute atomic E-state index is 0.468. The van der Waals surface area contributed by atoms with E-state index in [-0.39, 0.29) is 0 Å². The number of alkyl halides is 4. The molecular weight excluding hydrogens is 418 g/mol. The summed E-state index contributed by atoms with van der Waals surface area (Å²) in [5.74, 6) is -9.64. The van der Waals surface area contributed by atoms with Crippen molar-refractivity contribution in [3.8, 4) is 5.75 Å². The summed E-state index contributed by atoms with van der Waals surface area (Å²) < 4.78 is 84.9. The average molecular weight is 425 g/mol. The lowest BCUT2D eigenvalue weighted by Crippen LogP contribution is -2.37. The van der Waals surface area contributed by atoms with Crippen LogP contribution in [-0.4, -0.2) is 18.0 Å². The fourth-order valence-corrected chi connectivity index (χ4v) is 2.65. The first-order valence-electron chi connectivity index (χ1n) is 7.29. The minimum Gasteiger partial charge on any atom is -0.426 e. The molecule has 0 aliphatic carbocycles. The number of benzene rings is 2. The standard InChI is InChI=1S/C16H7ClF6N2O3/c17-8-5-6(4-7-12(8)28-16(22,23)15(7,20)21)24-14(27)25-13(26)11-9(18)2-1-3-10(11)19/h1-5H,(H2,24,25,26,27). The highest BCUT2D eigenvalue weighted by Gasteiger charge is 2.67. The van der Waals surface area contributed by atoms with Gasteiger partial charge in [0.25, 0.3) is 5.91 Å². The van der Waals surface area contributed by atoms with Crippen LogP contribution < -0.4 is 15.4 Å². The predicted octanol–water partition coefficient (Wildman–Crippen LogP) is 4.66. The zero-order valence-corrected chi connectivity index (χ0v) is 14.0. The third-order valence-electron chi connectivity index (χ3n) is 3.65. The lowest BCUT2D eigenvalue weighted by Gasteiger charge is -2.16. The maximum Gasteiger partial charge on any atom is 0.469 e. The third kappa shape index (κ3) is 3.21. The van der Waals surface area contributed by atoms with Gasteiger partial charge in [0.1, 0.15) is 17.2 Å². The largest absolute Gasteiger partial charge is 0.469 e. The van der Waals surface area contributed by atoms with Crippen molar-refractivity contribution < 1.29 is 40.7 Å². The van der Waals surface area contributed by atoms with E-state index in [0.717, 1.165) is 24.3 Å². The van der Waals surface area contributed by atoms with Gasteiger partial charge in [0.15, 0.2) is 5.75 Å². The molecule has 0 radical (unpaired) electrons. The van der Waals surface area contributed by atoms with Gasteiger partial charge in [0, 0.05) is 5.69 Å². The monoisotopic (exact) mass is 424 g/mol. The topological polar surface area (TPSA) is 67.4 Å². The van der Waals surface area contributed by atoms with Crippen LogP contribution in [0.5, 0.6) is 5.75 Å². The Morgan fingerprint density at radius 3 is 2.25 bits per heavy atom. The molecule has 3 amide bonds. The molecule has 0 atom stereocenters. The summed E-state index contributed by atoms with van der Waals surface area (Å²) in [6.45, 7) is 0. The van der Waals surface area contributed by atoms with Crippen molar-refractivity contribution in [1.82, 2.24) is 5.32 Å². The molecule has 2 N–H and O–H groups in total. The number of halogens is 7. The van der Waals surface area contributed by atoms with Crippen LogP contribution in [0.4, 0.5) is 36.8 Å². The van der Waals surface area contributed by atoms with Crippen LogP contribution in [0.25, 0.3) is 0 Å². The molecule has 2 aromatic carbocycles. The van der Waals surface area contributed by atoms with Crippen LogP contribution in [0.15, 0.2) is 30.3 Å². The second-order valence-electron chi connectivity index (χ2n) is 5.53. The Morgan fingerprint density at radius 1 is 1.04 bits per heavy atom. The van der Waals surface area contributed by atoms with Crippen molar-refractivity contribution in [2.24, 2.45) is 0 Å². The van der Waals surface area contributed by atoms with Crippen LogP contribution in [0.3, 0.4) is 0 Å². The van der Waals surface area contributed by atoms with E-state index in [2.05, 4.69) is 4.74 Å². The van der Waals surface area contributed by atoms with Crippen LogP contribution in [0.2, 0.25) is 5.02 Å². The van der Waals surface area contributed by atoms with Crippen LogP contribution in [-0.2, 0) is 5.92 Å². The maximum absolute atomic E-state index is 13.7. The van der Waals surface area contributed by atoms with Crippen LogP contribution in [0.1, 0.15) is 15.9 Å². The highest BCUT2D eigenvalue weighted by atomic mass is 35.5. The van der Waals surface area contributed by atoms with Gasteiger partial charge in [-0.15, -0.1) is 0 Å². The Bertz CT molecular complexity index is 978. The lowest BCUT2D eigenvalue weighted by molar-refractivity contribution is -0.296. The second kappa shape index (κ2) is 6.59. The Balaban J connectivity index is 1.81. The van der Waals surface area contributed by atoms with Crippen molar-refractivity contribution in [3.63, 3.8) is 0 Å². The fraction of sp³-hybridized carbons (Fsp3) is 0.125. The van der Waals surface area contributed by atoms with Crippen LogP contribution >= 0.6 is 11.6 Å². The molecule has 0 fully saturated rings. The van der Waals surface area contributed by atoms with Crippen molar-refractivity contribution in [1.29, 1.82) is 0 Å². The first-order valence-corrected chi connectivity index (χ1v) is 7.67. The first-order chi connectivity index (χ1) is 12.9. The smallest absolute Gasteiger partial charge is 0.426 e. The van der Waals surface area contributed by atoms with E-state index in [1.807, 2.05) is 5.32 Å². The molecule has 28 heavy (non-hydrogen) atoms. The molecule has 0 unspecified atom stereocenters. The molecule has 1 aliphatic heterocycles. The zero-order valence-electron chi connectivity index (χ0n) is 13.3. The molecule has 1 aliphatic rings. The SMILES string of the molecule is O=C(NC(=O)c1c(F)cccc1F)Nc1cc(Cl)c2c(c1)C(F)(F)C(F)(F)O2. The number of amides is 3. The summed E-state index contributed by atoms with van der Waals surface area (Å²) in [5, 5.41) is 2.80. The van der Waals surface area contributed by atoms with Crippen molar-refractivity contribution in [3.05, 3.63) is 58.1 Å². The molecule has 2 aromatic rings. The van der Waals surface area contributed by atoms with E-state index < -0.39 is 63.2 Å². The summed E-state index contributed by atoms with van der Waals surface area (Å²) in [5.41, 5.74) is -2.83. The quantitative estimate of drug-likeness (QED) is 0.689. The number of imide groups is 1. The Kier molecular flexibility index (Phi) is 4.66. The van der Waals surface area contributed by atoms with Crippen molar-refractivity contribution >= 4 is 29.2 Å². The van der Waals surface area contributed by atoms with E-state index in [4.69, 9.17) is 11.6 Å². The number of nitrogens with one attached hydrogen (secondary N) is 2. The van der Waals surface area contributed by atoms with E-state index in [9.17, 15) is 35.9 Å². The molecular formula is C16H7ClF6N2O3. The number of urea groups is 1. The number of rotatable bonds is 2. The predicted molar refractivity (Wildman–Crippen MR) is 83.8 cm³/mol. The summed E-state index contributed by atoms with van der Waals surface area (Å²) >= 11 is 5.63. The van der Waals surface area contributed by atoms with Gasteiger partial charge in [-0.3, -0.25) is 10.1 Å². The number of anilines is 1. The van der Waals surface area contributed by atoms with Crippen molar-refractivity contribution in [2.45, 2.75) is 12.0 Å². The number of carbonyl (C=O) groups excluding carboxylic acids is 2. The fourth-order valence-electron chi connectivity index (χ4n) is 2.39. The van der Waals surface area contributed by atoms with E-state index in [1.54, 1.807) is 5.32 Å². The molecule has 3 rings (SSSR count). The van der Waals surface area contributed by atoms with Gasteiger partial charge >= 0.3 is 18.1 Å². The summed E-state index contributed by atoms with van der Waals surface area (Å²) in [4.78, 5) is 23.6. The highest BCUT2D eigenvalue weighted by molar-refractivity contribution is 6.32. The van der Waals surface area contributed by atoms with E-state index in [0.29, 0.717) is 6.07 Å². The first kappa shape index (κ1) is 19.8. The Labute approximate surface area is 157 Å². The number of fused-ring (bicyclic) bond motifs is 1. The molecule has 0 saturated carbocycles. The van der Waals surface area contributed by atoms with E-state index >= 15 is 0 Å². The molecule has 12 heteroatoms. The molecule has 0 saturated heterocycles. The van der Waals surface area contributed by atoms with Crippen LogP contribution in [0, 0.1) is 11.6 Å². The van der Waals surface area contributed by atoms with Crippen molar-refractivity contribution in [2.75, 3.05) is 5.32 Å². The van der Waals surface area contributed by atoms with Gasteiger partial charge in [-0.1, -0.05) is 17.7 Å². The summed E-state index contributed by atoms with van der Waals surface area (Å²) in [6, 6.07) is 2.45. The third-order valence-corrected chi connectivity index (χ3v) is 3.93. The molecule has 148 valence electrons. The average Bonchev–Trinajstić information content (AvgIpc) is 2.74. The normalized spacial score (nSPS) is 16.1. The lowest BCUT2D eigenvalue weighted by atomic mass is 10.1. The Morgan fingerprint density at radius 2 is 1.64 bits per heavy atom. The number of hydrogen-bond acceptors (Lipinski definition) is 3. The molecule has 1 heterocycles. The maximum atomic E-state index is 13.7. The summed E-state index contributed by atoms with van der Waals surface area (Å²) in [7, 11) is 0. The van der Waals surface area contributed by atoms with Gasteiger partial charge < -0.3 is 10.1 Å². The number of ether oxygens (including phenoxy) is 1.